The lowest BCUT2D eigenvalue weighted by Gasteiger charge is -2.37. The van der Waals surface area contributed by atoms with Gasteiger partial charge in [0.25, 0.3) is 5.91 Å². The zero-order chi connectivity index (χ0) is 24.5. The van der Waals surface area contributed by atoms with Gasteiger partial charge in [-0.15, -0.1) is 0 Å². The highest BCUT2D eigenvalue weighted by atomic mass is 16.2. The third-order valence-corrected chi connectivity index (χ3v) is 7.58. The first-order valence-corrected chi connectivity index (χ1v) is 12.7. The summed E-state index contributed by atoms with van der Waals surface area (Å²) < 4.78 is 0. The molecule has 1 unspecified atom stereocenters. The Morgan fingerprint density at radius 3 is 2.17 bits per heavy atom. The molecule has 0 saturated carbocycles. The van der Waals surface area contributed by atoms with Crippen LogP contribution in [-0.4, -0.2) is 73.3 Å². The Morgan fingerprint density at radius 1 is 0.829 bits per heavy atom. The van der Waals surface area contributed by atoms with Crippen LogP contribution < -0.4 is 9.80 Å². The van der Waals surface area contributed by atoms with E-state index < -0.39 is 0 Å². The fraction of sp³-hybridized carbons (Fsp3) is 0.464. The fourth-order valence-corrected chi connectivity index (χ4v) is 5.60. The van der Waals surface area contributed by atoms with Gasteiger partial charge in [-0.05, 0) is 62.6 Å². The standard InChI is InChI=1S/C28H34N4O3/c1-20-5-10-25(21(2)17-20)29-13-15-31(16-14-29)27(34)22-6-8-24(9-7-22)32-19-23(18-26(32)33)28(35)30-11-3-4-12-30/h5-10,17,23H,3-4,11-16,18-19H2,1-2H3. The monoisotopic (exact) mass is 474 g/mol. The predicted molar refractivity (Wildman–Crippen MR) is 137 cm³/mol. The first-order chi connectivity index (χ1) is 16.9. The number of piperazine rings is 1. The number of aryl methyl sites for hydroxylation is 2. The third-order valence-electron chi connectivity index (χ3n) is 7.58. The lowest BCUT2D eigenvalue weighted by Crippen LogP contribution is -2.49. The predicted octanol–water partition coefficient (Wildman–Crippen LogP) is 3.24. The molecule has 7 nitrogen and oxygen atoms in total. The molecule has 0 N–H and O–H groups in total. The SMILES string of the molecule is Cc1ccc(N2CCN(C(=O)c3ccc(N4CC(C(=O)N5CCCC5)CC4=O)cc3)CC2)c(C)c1. The average Bonchev–Trinajstić information content (AvgIpc) is 3.54. The van der Waals surface area contributed by atoms with Gasteiger partial charge in [0.15, 0.2) is 0 Å². The summed E-state index contributed by atoms with van der Waals surface area (Å²) in [4.78, 5) is 46.3. The molecule has 3 heterocycles. The molecule has 0 aliphatic carbocycles. The quantitative estimate of drug-likeness (QED) is 0.683. The molecule has 3 aliphatic rings. The van der Waals surface area contributed by atoms with E-state index >= 15 is 0 Å². The van der Waals surface area contributed by atoms with E-state index in [1.807, 2.05) is 21.9 Å². The molecule has 2 aromatic rings. The van der Waals surface area contributed by atoms with Crippen LogP contribution in [0, 0.1) is 19.8 Å². The Kier molecular flexibility index (Phi) is 6.50. The summed E-state index contributed by atoms with van der Waals surface area (Å²) in [6.07, 6.45) is 2.36. The van der Waals surface area contributed by atoms with Crippen molar-refractivity contribution in [2.45, 2.75) is 33.1 Å². The maximum absolute atomic E-state index is 13.1. The Morgan fingerprint density at radius 2 is 1.51 bits per heavy atom. The number of nitrogens with zero attached hydrogens (tertiary/aromatic N) is 4. The molecule has 7 heteroatoms. The molecule has 0 bridgehead atoms. The summed E-state index contributed by atoms with van der Waals surface area (Å²) in [7, 11) is 0. The minimum Gasteiger partial charge on any atom is -0.368 e. The van der Waals surface area contributed by atoms with Crippen LogP contribution in [-0.2, 0) is 9.59 Å². The van der Waals surface area contributed by atoms with E-state index in [9.17, 15) is 14.4 Å². The van der Waals surface area contributed by atoms with Gasteiger partial charge in [0.2, 0.25) is 11.8 Å². The van der Waals surface area contributed by atoms with Gasteiger partial charge in [0, 0.05) is 69.2 Å². The van der Waals surface area contributed by atoms with Crippen molar-refractivity contribution in [3.63, 3.8) is 0 Å². The molecule has 35 heavy (non-hydrogen) atoms. The average molecular weight is 475 g/mol. The minimum absolute atomic E-state index is 0.0201. The highest BCUT2D eigenvalue weighted by Gasteiger charge is 2.37. The van der Waals surface area contributed by atoms with Gasteiger partial charge >= 0.3 is 0 Å². The summed E-state index contributed by atoms with van der Waals surface area (Å²) in [6, 6.07) is 13.8. The number of hydrogen-bond acceptors (Lipinski definition) is 4. The molecule has 1 atom stereocenters. The summed E-state index contributed by atoms with van der Waals surface area (Å²) in [5, 5.41) is 0. The minimum atomic E-state index is -0.268. The lowest BCUT2D eigenvalue weighted by atomic mass is 10.1. The Balaban J connectivity index is 1.19. The van der Waals surface area contributed by atoms with Gasteiger partial charge < -0.3 is 19.6 Å². The number of hydrogen-bond donors (Lipinski definition) is 0. The van der Waals surface area contributed by atoms with E-state index in [-0.39, 0.29) is 30.1 Å². The summed E-state index contributed by atoms with van der Waals surface area (Å²) >= 11 is 0. The number of benzene rings is 2. The highest BCUT2D eigenvalue weighted by molar-refractivity contribution is 6.01. The molecule has 0 aromatic heterocycles. The van der Waals surface area contributed by atoms with Crippen molar-refractivity contribution in [3.8, 4) is 0 Å². The van der Waals surface area contributed by atoms with Crippen molar-refractivity contribution in [1.82, 2.24) is 9.80 Å². The topological polar surface area (TPSA) is 64.2 Å². The molecule has 2 aromatic carbocycles. The van der Waals surface area contributed by atoms with Crippen LogP contribution in [0.5, 0.6) is 0 Å². The molecular weight excluding hydrogens is 440 g/mol. The third kappa shape index (κ3) is 4.77. The molecular formula is C28H34N4O3. The smallest absolute Gasteiger partial charge is 0.253 e. The largest absolute Gasteiger partial charge is 0.368 e. The molecule has 5 rings (SSSR count). The van der Waals surface area contributed by atoms with Crippen molar-refractivity contribution >= 4 is 29.1 Å². The number of rotatable bonds is 4. The second kappa shape index (κ2) is 9.72. The zero-order valence-corrected chi connectivity index (χ0v) is 20.7. The van der Waals surface area contributed by atoms with Crippen LogP contribution >= 0.6 is 0 Å². The number of carbonyl (C=O) groups excluding carboxylic acids is 3. The molecule has 3 amide bonds. The number of likely N-dealkylation sites (tertiary alicyclic amines) is 1. The first kappa shape index (κ1) is 23.4. The van der Waals surface area contributed by atoms with E-state index in [1.165, 1.54) is 16.8 Å². The highest BCUT2D eigenvalue weighted by Crippen LogP contribution is 2.28. The fourth-order valence-electron chi connectivity index (χ4n) is 5.60. The maximum atomic E-state index is 13.1. The van der Waals surface area contributed by atoms with E-state index in [4.69, 9.17) is 0 Å². The van der Waals surface area contributed by atoms with Crippen LogP contribution in [0.2, 0.25) is 0 Å². The molecule has 3 saturated heterocycles. The Hall–Kier alpha value is -3.35. The van der Waals surface area contributed by atoms with E-state index in [0.29, 0.717) is 25.2 Å². The van der Waals surface area contributed by atoms with Gasteiger partial charge in [-0.3, -0.25) is 14.4 Å². The zero-order valence-electron chi connectivity index (χ0n) is 20.7. The van der Waals surface area contributed by atoms with Crippen molar-refractivity contribution < 1.29 is 14.4 Å². The van der Waals surface area contributed by atoms with Crippen LogP contribution in [0.1, 0.15) is 40.7 Å². The van der Waals surface area contributed by atoms with Crippen LogP contribution in [0.15, 0.2) is 42.5 Å². The van der Waals surface area contributed by atoms with E-state index in [2.05, 4.69) is 36.9 Å². The summed E-state index contributed by atoms with van der Waals surface area (Å²) in [5.41, 5.74) is 5.14. The van der Waals surface area contributed by atoms with Crippen LogP contribution in [0.3, 0.4) is 0 Å². The van der Waals surface area contributed by atoms with Gasteiger partial charge in [0.05, 0.1) is 5.92 Å². The van der Waals surface area contributed by atoms with Crippen LogP contribution in [0.25, 0.3) is 0 Å². The Labute approximate surface area is 207 Å². The van der Waals surface area contributed by atoms with Crippen molar-refractivity contribution in [1.29, 1.82) is 0 Å². The molecule has 3 aliphatic heterocycles. The number of anilines is 2. The summed E-state index contributed by atoms with van der Waals surface area (Å²) in [6.45, 7) is 9.24. The van der Waals surface area contributed by atoms with Gasteiger partial charge in [0.1, 0.15) is 0 Å². The molecule has 0 spiro atoms. The second-order valence-corrected chi connectivity index (χ2v) is 10.1. The van der Waals surface area contributed by atoms with Crippen molar-refractivity contribution in [2.75, 3.05) is 55.6 Å². The van der Waals surface area contributed by atoms with Gasteiger partial charge in [-0.2, -0.15) is 0 Å². The normalized spacial score (nSPS) is 20.6. The maximum Gasteiger partial charge on any atom is 0.253 e. The van der Waals surface area contributed by atoms with Crippen molar-refractivity contribution in [3.05, 3.63) is 59.2 Å². The summed E-state index contributed by atoms with van der Waals surface area (Å²) in [5.74, 6) is -0.170. The second-order valence-electron chi connectivity index (χ2n) is 10.1. The van der Waals surface area contributed by atoms with E-state index in [0.717, 1.165) is 44.7 Å². The Bertz CT molecular complexity index is 1120. The van der Waals surface area contributed by atoms with Gasteiger partial charge in [-0.1, -0.05) is 17.7 Å². The van der Waals surface area contributed by atoms with E-state index in [1.54, 1.807) is 17.0 Å². The molecule has 184 valence electrons. The first-order valence-electron chi connectivity index (χ1n) is 12.7. The molecule has 0 radical (unpaired) electrons. The van der Waals surface area contributed by atoms with Crippen LogP contribution in [0.4, 0.5) is 11.4 Å². The van der Waals surface area contributed by atoms with Gasteiger partial charge in [-0.25, -0.2) is 0 Å². The number of amides is 3. The molecule has 3 fully saturated rings. The number of carbonyl (C=O) groups is 3. The lowest BCUT2D eigenvalue weighted by molar-refractivity contribution is -0.134. The van der Waals surface area contributed by atoms with Crippen molar-refractivity contribution in [2.24, 2.45) is 5.92 Å².